The van der Waals surface area contributed by atoms with Gasteiger partial charge in [-0.05, 0) is 112 Å². The molecule has 0 saturated carbocycles. The molecule has 2 heterocycles. The summed E-state index contributed by atoms with van der Waals surface area (Å²) >= 11 is 5.62. The first-order valence-corrected chi connectivity index (χ1v) is 24.1. The summed E-state index contributed by atoms with van der Waals surface area (Å²) in [5.74, 6) is -0.815. The number of carbonyl (C=O) groups excluding carboxylic acids is 4. The Morgan fingerprint density at radius 2 is 1.52 bits per heavy atom. The molecule has 20 heteroatoms. The molecule has 0 unspecified atom stereocenters. The molecule has 16 nitrogen and oxygen atoms in total. The van der Waals surface area contributed by atoms with Crippen molar-refractivity contribution in [2.24, 2.45) is 5.41 Å². The molecule has 1 aliphatic carbocycles. The molecule has 5 atom stereocenters. The second-order valence-corrected chi connectivity index (χ2v) is 19.5. The van der Waals surface area contributed by atoms with Gasteiger partial charge in [-0.25, -0.2) is 0 Å². The zero-order valence-corrected chi connectivity index (χ0v) is 42.0. The summed E-state index contributed by atoms with van der Waals surface area (Å²) < 4.78 is 70.3. The third-order valence-electron chi connectivity index (χ3n) is 12.8. The largest absolute Gasteiger partial charge is 0.491 e. The highest BCUT2D eigenvalue weighted by molar-refractivity contribution is 7.81. The van der Waals surface area contributed by atoms with Crippen molar-refractivity contribution in [2.45, 2.75) is 103 Å². The first-order valence-electron chi connectivity index (χ1n) is 23.7. The first-order chi connectivity index (χ1) is 33.7. The number of anilines is 2. The van der Waals surface area contributed by atoms with Gasteiger partial charge in [0.15, 0.2) is 5.11 Å². The normalized spacial score (nSPS) is 19.6. The van der Waals surface area contributed by atoms with E-state index in [0.717, 1.165) is 28.2 Å². The van der Waals surface area contributed by atoms with E-state index in [1.165, 1.54) is 6.07 Å². The summed E-state index contributed by atoms with van der Waals surface area (Å²) in [5.41, 5.74) is -1.03. The molecule has 71 heavy (non-hydrogen) atoms. The van der Waals surface area contributed by atoms with Crippen molar-refractivity contribution >= 4 is 52.3 Å². The second kappa shape index (κ2) is 23.7. The van der Waals surface area contributed by atoms with E-state index < -0.39 is 58.3 Å². The van der Waals surface area contributed by atoms with Crippen LogP contribution in [0.3, 0.4) is 0 Å². The molecule has 4 amide bonds. The molecule has 384 valence electrons. The lowest BCUT2D eigenvalue weighted by Crippen LogP contribution is -2.59. The fourth-order valence-electron chi connectivity index (χ4n) is 8.82. The molecule has 3 N–H and O–H groups in total. The maximum Gasteiger partial charge on any atom is 0.417 e. The summed E-state index contributed by atoms with van der Waals surface area (Å²) in [6.45, 7) is 13.6. The van der Waals surface area contributed by atoms with Gasteiger partial charge in [-0.15, -0.1) is 0 Å². The Morgan fingerprint density at radius 1 is 0.901 bits per heavy atom. The molecule has 6 rings (SSSR count). The molecular weight excluding hydrogens is 944 g/mol. The minimum absolute atomic E-state index is 0.00819. The van der Waals surface area contributed by atoms with Gasteiger partial charge in [-0.3, -0.25) is 24.1 Å². The van der Waals surface area contributed by atoms with Gasteiger partial charge in [0, 0.05) is 18.7 Å². The quantitative estimate of drug-likeness (QED) is 0.0806. The number of rotatable bonds is 22. The van der Waals surface area contributed by atoms with Crippen LogP contribution in [0.4, 0.5) is 24.5 Å². The number of nitrogens with zero attached hydrogens (tertiary/aromatic N) is 4. The number of alkyl halides is 3. The summed E-state index contributed by atoms with van der Waals surface area (Å²) in [4.78, 5) is 58.5. The average Bonchev–Trinajstić information content (AvgIpc) is 4.01. The molecular formula is C51H64F3N7O9S. The zero-order valence-electron chi connectivity index (χ0n) is 41.2. The van der Waals surface area contributed by atoms with Crippen LogP contribution in [0.2, 0.25) is 0 Å². The van der Waals surface area contributed by atoms with Gasteiger partial charge in [0.1, 0.15) is 30.0 Å². The SMILES string of the molecule is CN[C@@H](C)C(=O)N[C@H](C(=O)N1CCC[C@H]1C(=O)N[C@H]1c2ccccc2C[C@H]1OCCOCCOCCOCCOc1ccc(N2C(=S)N(c3ccc(C#N)c(C(F)(F)F)c3)C(=O)C2(C)C)cc1)C(C)(C)C. The monoisotopic (exact) mass is 1010 g/mol. The van der Waals surface area contributed by atoms with Crippen molar-refractivity contribution < 1.29 is 56.0 Å². The van der Waals surface area contributed by atoms with E-state index >= 15 is 0 Å². The number of likely N-dealkylation sites (N-methyl/N-ethyl adjacent to an activating group) is 1. The van der Waals surface area contributed by atoms with Crippen molar-refractivity contribution in [1.82, 2.24) is 20.9 Å². The van der Waals surface area contributed by atoms with Crippen molar-refractivity contribution in [1.29, 1.82) is 5.26 Å². The minimum Gasteiger partial charge on any atom is -0.491 e. The lowest BCUT2D eigenvalue weighted by Gasteiger charge is -2.36. The predicted octanol–water partition coefficient (Wildman–Crippen LogP) is 5.85. The van der Waals surface area contributed by atoms with Gasteiger partial charge < -0.3 is 49.4 Å². The highest BCUT2D eigenvalue weighted by Gasteiger charge is 2.51. The molecule has 2 saturated heterocycles. The van der Waals surface area contributed by atoms with Crippen LogP contribution < -0.4 is 30.5 Å². The smallest absolute Gasteiger partial charge is 0.417 e. The Morgan fingerprint density at radius 3 is 2.14 bits per heavy atom. The lowest BCUT2D eigenvalue weighted by molar-refractivity contribution is -0.144. The molecule has 2 fully saturated rings. The number of thiocarbonyl (C=S) groups is 1. The number of carbonyl (C=O) groups is 4. The number of hydrogen-bond donors (Lipinski definition) is 3. The predicted molar refractivity (Wildman–Crippen MR) is 263 cm³/mol. The molecule has 3 aliphatic rings. The first kappa shape index (κ1) is 54.6. The number of hydrogen-bond acceptors (Lipinski definition) is 12. The van der Waals surface area contributed by atoms with E-state index in [2.05, 4.69) is 16.0 Å². The third-order valence-corrected chi connectivity index (χ3v) is 13.2. The Bertz CT molecular complexity index is 2430. The van der Waals surface area contributed by atoms with Crippen molar-refractivity contribution in [3.05, 3.63) is 89.0 Å². The van der Waals surface area contributed by atoms with E-state index in [0.29, 0.717) is 76.9 Å². The van der Waals surface area contributed by atoms with Gasteiger partial charge in [0.2, 0.25) is 17.7 Å². The van der Waals surface area contributed by atoms with Crippen molar-refractivity contribution in [3.8, 4) is 11.8 Å². The third kappa shape index (κ3) is 13.1. The Labute approximate surface area is 418 Å². The summed E-state index contributed by atoms with van der Waals surface area (Å²) in [7, 11) is 1.68. The summed E-state index contributed by atoms with van der Waals surface area (Å²) in [6.07, 6.45) is -3.34. The van der Waals surface area contributed by atoms with Gasteiger partial charge in [0.05, 0.1) is 87.3 Å². The molecule has 0 spiro atoms. The number of fused-ring (bicyclic) bond motifs is 1. The van der Waals surface area contributed by atoms with Crippen LogP contribution in [0, 0.1) is 16.7 Å². The number of nitrogens with one attached hydrogen (secondary N) is 3. The van der Waals surface area contributed by atoms with E-state index in [-0.39, 0.29) is 47.8 Å². The summed E-state index contributed by atoms with van der Waals surface area (Å²) in [5, 5.41) is 18.2. The molecule has 3 aromatic rings. The van der Waals surface area contributed by atoms with Crippen LogP contribution in [-0.2, 0) is 50.7 Å². The fraction of sp³-hybridized carbons (Fsp3) is 0.529. The molecule has 0 aromatic heterocycles. The number of benzene rings is 3. The van der Waals surface area contributed by atoms with Gasteiger partial charge in [-0.1, -0.05) is 45.0 Å². The molecule has 0 bridgehead atoms. The van der Waals surface area contributed by atoms with Gasteiger partial charge in [-0.2, -0.15) is 18.4 Å². The second-order valence-electron chi connectivity index (χ2n) is 19.1. The number of ether oxygens (including phenoxy) is 5. The van der Waals surface area contributed by atoms with Crippen LogP contribution in [0.25, 0.3) is 0 Å². The topological polar surface area (TPSA) is 184 Å². The van der Waals surface area contributed by atoms with Gasteiger partial charge in [0.25, 0.3) is 5.91 Å². The Hall–Kier alpha value is -5.69. The number of nitriles is 1. The van der Waals surface area contributed by atoms with Crippen LogP contribution in [0.1, 0.15) is 82.7 Å². The molecule has 0 radical (unpaired) electrons. The Balaban J connectivity index is 0.873. The van der Waals surface area contributed by atoms with Crippen LogP contribution in [0.5, 0.6) is 5.75 Å². The Kier molecular flexibility index (Phi) is 18.2. The van der Waals surface area contributed by atoms with Crippen molar-refractivity contribution in [3.63, 3.8) is 0 Å². The van der Waals surface area contributed by atoms with Crippen LogP contribution in [-0.4, -0.2) is 130 Å². The number of halogens is 3. The maximum absolute atomic E-state index is 14.0. The molecule has 2 aliphatic heterocycles. The maximum atomic E-state index is 14.0. The van der Waals surface area contributed by atoms with E-state index in [1.807, 2.05) is 45.0 Å². The zero-order chi connectivity index (χ0) is 51.7. The van der Waals surface area contributed by atoms with Crippen molar-refractivity contribution in [2.75, 3.05) is 76.2 Å². The van der Waals surface area contributed by atoms with Gasteiger partial charge >= 0.3 is 6.18 Å². The standard InChI is InChI=1S/C51H64F3N7O9S/c1-32(56-7)44(62)58-43(49(2,3)4)46(64)59-20-10-13-40(59)45(63)57-42-38-12-9-8-11-33(38)29-41(42)70-28-26-68-24-22-66-21-23-67-25-27-69-37-18-16-35(17-19-37)61-48(71)60(47(65)50(61,5)6)36-15-14-34(31-55)39(30-36)51(52,53)54/h8-9,11-12,14-19,30,32,40-43,56H,10,13,20-29H2,1-7H3,(H,57,63)(H,58,62)/t32-,40-,41+,42-,43+/m0/s1. The van der Waals surface area contributed by atoms with Crippen LogP contribution in [0.15, 0.2) is 66.7 Å². The summed E-state index contributed by atoms with van der Waals surface area (Å²) in [6, 6.07) is 16.9. The minimum atomic E-state index is -4.80. The van der Waals surface area contributed by atoms with E-state index in [1.54, 1.807) is 68.0 Å². The number of likely N-dealkylation sites (tertiary alicyclic amines) is 1. The highest BCUT2D eigenvalue weighted by atomic mass is 32.1. The highest BCUT2D eigenvalue weighted by Crippen LogP contribution is 2.40. The average molecular weight is 1010 g/mol. The number of amides is 4. The van der Waals surface area contributed by atoms with Crippen LogP contribution >= 0.6 is 12.2 Å². The van der Waals surface area contributed by atoms with E-state index in [9.17, 15) is 37.6 Å². The molecule has 3 aromatic carbocycles. The lowest BCUT2D eigenvalue weighted by atomic mass is 9.85. The fourth-order valence-corrected chi connectivity index (χ4v) is 9.34. The van der Waals surface area contributed by atoms with E-state index in [4.69, 9.17) is 35.9 Å².